The van der Waals surface area contributed by atoms with Crippen LogP contribution in [0.1, 0.15) is 96.3 Å². The fourth-order valence-electron chi connectivity index (χ4n) is 9.35. The molecular weight excluding hydrogens is 571 g/mol. The maximum absolute atomic E-state index is 5.15. The maximum atomic E-state index is 5.15. The number of nitrogens with zero attached hydrogens (tertiary/aromatic N) is 3. The standard InChI is InChI=1S/C44H29N3/c1-24-45-43(25-18-20-35-37(22-25)41-31-14-6-2-10-27(31)39(35)28-11-3-7-15-32(28)41)47-44(46-24)26-19-21-36-38(23-26)42-33-16-8-4-12-29(33)40(36)30-13-5-9-17-34(30)42/h2-23,39-42H,1H3. The van der Waals surface area contributed by atoms with E-state index in [0.717, 1.165) is 28.6 Å². The minimum atomic E-state index is 0.214. The Kier molecular flexibility index (Phi) is 5.00. The van der Waals surface area contributed by atoms with E-state index in [2.05, 4.69) is 133 Å². The number of benzene rings is 6. The van der Waals surface area contributed by atoms with Crippen LogP contribution in [0.3, 0.4) is 0 Å². The molecule has 1 aromatic heterocycles. The van der Waals surface area contributed by atoms with Crippen LogP contribution in [-0.2, 0) is 0 Å². The van der Waals surface area contributed by atoms with Gasteiger partial charge in [-0.25, -0.2) is 15.0 Å². The van der Waals surface area contributed by atoms with Crippen molar-refractivity contribution in [2.75, 3.05) is 0 Å². The van der Waals surface area contributed by atoms with Crippen LogP contribution in [0.15, 0.2) is 133 Å². The number of rotatable bonds is 2. The Morgan fingerprint density at radius 3 is 0.915 bits per heavy atom. The first-order valence-electron chi connectivity index (χ1n) is 16.6. The Morgan fingerprint density at radius 1 is 0.319 bits per heavy atom. The molecule has 0 amide bonds. The molecule has 6 aromatic carbocycles. The lowest BCUT2D eigenvalue weighted by Gasteiger charge is -2.42. The molecule has 13 rings (SSSR count). The Morgan fingerprint density at radius 2 is 0.596 bits per heavy atom. The monoisotopic (exact) mass is 599 g/mol. The van der Waals surface area contributed by atoms with Gasteiger partial charge in [-0.1, -0.05) is 121 Å². The summed E-state index contributed by atoms with van der Waals surface area (Å²) in [6.07, 6.45) is 0. The first-order chi connectivity index (χ1) is 23.2. The zero-order valence-electron chi connectivity index (χ0n) is 25.9. The van der Waals surface area contributed by atoms with Crippen molar-refractivity contribution in [1.82, 2.24) is 15.0 Å². The summed E-state index contributed by atoms with van der Waals surface area (Å²) in [6.45, 7) is 1.98. The number of aryl methyl sites for hydroxylation is 1. The van der Waals surface area contributed by atoms with Crippen LogP contribution in [0.2, 0.25) is 0 Å². The highest BCUT2D eigenvalue weighted by atomic mass is 15.0. The Balaban J connectivity index is 1.03. The Bertz CT molecular complexity index is 2210. The molecule has 6 aliphatic rings. The van der Waals surface area contributed by atoms with Gasteiger partial charge in [-0.15, -0.1) is 0 Å². The summed E-state index contributed by atoms with van der Waals surface area (Å²) < 4.78 is 0. The molecule has 6 aliphatic carbocycles. The van der Waals surface area contributed by atoms with Crippen LogP contribution in [0.5, 0.6) is 0 Å². The van der Waals surface area contributed by atoms with Crippen molar-refractivity contribution in [1.29, 1.82) is 0 Å². The highest BCUT2D eigenvalue weighted by Crippen LogP contribution is 2.57. The maximum Gasteiger partial charge on any atom is 0.163 e. The molecule has 0 N–H and O–H groups in total. The van der Waals surface area contributed by atoms with Gasteiger partial charge in [0.1, 0.15) is 5.82 Å². The fourth-order valence-corrected chi connectivity index (χ4v) is 9.35. The zero-order chi connectivity index (χ0) is 30.8. The van der Waals surface area contributed by atoms with Crippen molar-refractivity contribution in [3.8, 4) is 22.8 Å². The lowest BCUT2D eigenvalue weighted by Crippen LogP contribution is -2.27. The van der Waals surface area contributed by atoms with E-state index in [0.29, 0.717) is 0 Å². The Labute approximate surface area is 273 Å². The minimum absolute atomic E-state index is 0.214. The van der Waals surface area contributed by atoms with Gasteiger partial charge in [0.15, 0.2) is 11.6 Å². The van der Waals surface area contributed by atoms with Crippen LogP contribution in [-0.4, -0.2) is 15.0 Å². The summed E-state index contributed by atoms with van der Waals surface area (Å²) in [6, 6.07) is 49.6. The number of hydrogen-bond donors (Lipinski definition) is 0. The molecule has 0 atom stereocenters. The highest BCUT2D eigenvalue weighted by Gasteiger charge is 2.42. The van der Waals surface area contributed by atoms with Crippen LogP contribution in [0, 0.1) is 6.92 Å². The topological polar surface area (TPSA) is 38.7 Å². The van der Waals surface area contributed by atoms with E-state index < -0.39 is 0 Å². The molecule has 1 heterocycles. The quantitative estimate of drug-likeness (QED) is 0.199. The van der Waals surface area contributed by atoms with E-state index in [1.165, 1.54) is 66.8 Å². The van der Waals surface area contributed by atoms with E-state index in [-0.39, 0.29) is 23.7 Å². The third kappa shape index (κ3) is 3.38. The van der Waals surface area contributed by atoms with Crippen molar-refractivity contribution in [3.63, 3.8) is 0 Å². The molecule has 0 aliphatic heterocycles. The van der Waals surface area contributed by atoms with Crippen molar-refractivity contribution in [3.05, 3.63) is 206 Å². The molecule has 4 bridgehead atoms. The van der Waals surface area contributed by atoms with Gasteiger partial charge >= 0.3 is 0 Å². The first-order valence-corrected chi connectivity index (χ1v) is 16.6. The molecule has 0 spiro atoms. The second kappa shape index (κ2) is 9.20. The fraction of sp³-hybridized carbons (Fsp3) is 0.114. The summed E-state index contributed by atoms with van der Waals surface area (Å²) in [5.41, 5.74) is 19.0. The van der Waals surface area contributed by atoms with E-state index >= 15 is 0 Å². The normalized spacial score (nSPS) is 20.0. The van der Waals surface area contributed by atoms with E-state index in [9.17, 15) is 0 Å². The average molecular weight is 600 g/mol. The molecule has 0 unspecified atom stereocenters. The van der Waals surface area contributed by atoms with Gasteiger partial charge in [-0.3, -0.25) is 0 Å². The predicted molar refractivity (Wildman–Crippen MR) is 185 cm³/mol. The number of aromatic nitrogens is 3. The summed E-state index contributed by atoms with van der Waals surface area (Å²) in [7, 11) is 0. The molecule has 0 radical (unpaired) electrons. The lowest BCUT2D eigenvalue weighted by atomic mass is 9.61. The summed E-state index contributed by atoms with van der Waals surface area (Å²) in [5, 5.41) is 0. The van der Waals surface area contributed by atoms with Gasteiger partial charge in [0.2, 0.25) is 0 Å². The van der Waals surface area contributed by atoms with E-state index in [1.807, 2.05) is 6.92 Å². The van der Waals surface area contributed by atoms with E-state index in [4.69, 9.17) is 15.0 Å². The van der Waals surface area contributed by atoms with Crippen LogP contribution in [0.25, 0.3) is 22.8 Å². The summed E-state index contributed by atoms with van der Waals surface area (Å²) >= 11 is 0. The van der Waals surface area contributed by atoms with Gasteiger partial charge in [0.05, 0.1) is 0 Å². The highest BCUT2D eigenvalue weighted by molar-refractivity contribution is 5.74. The molecule has 0 saturated carbocycles. The van der Waals surface area contributed by atoms with Gasteiger partial charge in [0.25, 0.3) is 0 Å². The Hall–Kier alpha value is -5.67. The molecule has 0 saturated heterocycles. The third-order valence-corrected chi connectivity index (χ3v) is 11.2. The molecule has 7 aromatic rings. The zero-order valence-corrected chi connectivity index (χ0v) is 25.9. The molecule has 3 heteroatoms. The van der Waals surface area contributed by atoms with Gasteiger partial charge in [-0.05, 0) is 85.8 Å². The largest absolute Gasteiger partial charge is 0.213 e. The lowest BCUT2D eigenvalue weighted by molar-refractivity contribution is 0.754. The van der Waals surface area contributed by atoms with Crippen LogP contribution < -0.4 is 0 Å². The number of hydrogen-bond acceptors (Lipinski definition) is 3. The molecule has 3 nitrogen and oxygen atoms in total. The predicted octanol–water partition coefficient (Wildman–Crippen LogP) is 9.49. The smallest absolute Gasteiger partial charge is 0.163 e. The molecule has 47 heavy (non-hydrogen) atoms. The molecular formula is C44H29N3. The van der Waals surface area contributed by atoms with Gasteiger partial charge in [0, 0.05) is 34.8 Å². The summed E-state index contributed by atoms with van der Waals surface area (Å²) in [4.78, 5) is 14.9. The first kappa shape index (κ1) is 25.5. The minimum Gasteiger partial charge on any atom is -0.213 e. The van der Waals surface area contributed by atoms with Gasteiger partial charge in [-0.2, -0.15) is 0 Å². The second-order valence-corrected chi connectivity index (χ2v) is 13.5. The van der Waals surface area contributed by atoms with Crippen molar-refractivity contribution in [2.45, 2.75) is 30.6 Å². The second-order valence-electron chi connectivity index (χ2n) is 13.5. The van der Waals surface area contributed by atoms with E-state index in [1.54, 1.807) is 0 Å². The molecule has 0 fully saturated rings. The third-order valence-electron chi connectivity index (χ3n) is 11.2. The molecule has 220 valence electrons. The SMILES string of the molecule is Cc1nc(-c2ccc3c(c2)C2c4ccccc4C3c3ccccc32)nc(-c2ccc3c(c2)C2c4ccccc4C3c3ccccc32)n1. The van der Waals surface area contributed by atoms with Crippen LogP contribution in [0.4, 0.5) is 0 Å². The summed E-state index contributed by atoms with van der Waals surface area (Å²) in [5.74, 6) is 3.14. The van der Waals surface area contributed by atoms with Crippen LogP contribution >= 0.6 is 0 Å². The average Bonchev–Trinajstić information content (AvgIpc) is 3.13. The van der Waals surface area contributed by atoms with Crippen molar-refractivity contribution >= 4 is 0 Å². The van der Waals surface area contributed by atoms with Gasteiger partial charge < -0.3 is 0 Å². The van der Waals surface area contributed by atoms with Crippen molar-refractivity contribution < 1.29 is 0 Å². The van der Waals surface area contributed by atoms with Crippen molar-refractivity contribution in [2.24, 2.45) is 0 Å².